The monoisotopic (exact) mass is 580 g/mol. The number of aryl methyl sites for hydroxylation is 1. The molecule has 1 saturated heterocycles. The van der Waals surface area contributed by atoms with E-state index in [2.05, 4.69) is 30.5 Å². The molecule has 0 atom stereocenters. The standard InChI is InChI=1S/C32H36N8O3/c1-32(2,3)43-31(42)40-17-15-39(16-18-40)29-19-24(11-12-35-29)26-20-25(21-27(37-26)38-28-22-33-13-14-34-28)36-30(41)10-9-23-7-5-4-6-8-23/h4-8,11-14,19-22H,9-10,15-18H2,1-3H3,(H2,34,36,37,38,41). The molecule has 0 unspecified atom stereocenters. The number of benzene rings is 1. The van der Waals surface area contributed by atoms with Gasteiger partial charge in [0.15, 0.2) is 0 Å². The number of pyridine rings is 2. The molecule has 3 aromatic heterocycles. The van der Waals surface area contributed by atoms with Crippen molar-refractivity contribution in [3.05, 3.63) is 84.9 Å². The number of carbonyl (C=O) groups excluding carboxylic acids is 2. The highest BCUT2D eigenvalue weighted by molar-refractivity contribution is 5.92. The number of anilines is 4. The SMILES string of the molecule is CC(C)(C)OC(=O)N1CCN(c2cc(-c3cc(NC(=O)CCc4ccccc4)cc(Nc4cnccn4)n3)ccn2)CC1. The molecule has 2 N–H and O–H groups in total. The van der Waals surface area contributed by atoms with Gasteiger partial charge >= 0.3 is 6.09 Å². The first-order chi connectivity index (χ1) is 20.7. The second-order valence-electron chi connectivity index (χ2n) is 11.2. The molecule has 4 aromatic rings. The van der Waals surface area contributed by atoms with E-state index in [0.29, 0.717) is 62.0 Å². The summed E-state index contributed by atoms with van der Waals surface area (Å²) in [6, 6.07) is 17.4. The van der Waals surface area contributed by atoms with E-state index in [-0.39, 0.29) is 12.0 Å². The van der Waals surface area contributed by atoms with Crippen LogP contribution in [0.1, 0.15) is 32.8 Å². The Morgan fingerprint density at radius 2 is 1.70 bits per heavy atom. The predicted octanol–water partition coefficient (Wildman–Crippen LogP) is 5.31. The van der Waals surface area contributed by atoms with E-state index in [1.807, 2.05) is 69.3 Å². The maximum Gasteiger partial charge on any atom is 0.410 e. The van der Waals surface area contributed by atoms with Gasteiger partial charge in [0.2, 0.25) is 5.91 Å². The Morgan fingerprint density at radius 1 is 0.907 bits per heavy atom. The van der Waals surface area contributed by atoms with Gasteiger partial charge in [0.25, 0.3) is 0 Å². The molecule has 0 radical (unpaired) electrons. The number of nitrogens with zero attached hydrogens (tertiary/aromatic N) is 6. The van der Waals surface area contributed by atoms with Crippen molar-refractivity contribution in [2.45, 2.75) is 39.2 Å². The topological polar surface area (TPSA) is 125 Å². The van der Waals surface area contributed by atoms with E-state index in [9.17, 15) is 9.59 Å². The first kappa shape index (κ1) is 29.4. The average molecular weight is 581 g/mol. The maximum absolute atomic E-state index is 12.9. The van der Waals surface area contributed by atoms with Crippen molar-refractivity contribution >= 4 is 35.1 Å². The van der Waals surface area contributed by atoms with Gasteiger partial charge in [-0.15, -0.1) is 0 Å². The Bertz CT molecular complexity index is 1540. The van der Waals surface area contributed by atoms with Crippen molar-refractivity contribution in [1.29, 1.82) is 0 Å². The van der Waals surface area contributed by atoms with Crippen LogP contribution in [0.5, 0.6) is 0 Å². The summed E-state index contributed by atoms with van der Waals surface area (Å²) < 4.78 is 5.53. The lowest BCUT2D eigenvalue weighted by molar-refractivity contribution is -0.116. The molecule has 1 aromatic carbocycles. The number of aromatic nitrogens is 4. The van der Waals surface area contributed by atoms with Gasteiger partial charge in [0, 0.05) is 68.5 Å². The number of piperazine rings is 1. The third-order valence-electron chi connectivity index (χ3n) is 6.71. The van der Waals surface area contributed by atoms with Gasteiger partial charge in [-0.3, -0.25) is 9.78 Å². The Kier molecular flexibility index (Phi) is 9.09. The number of ether oxygens (including phenoxy) is 1. The van der Waals surface area contributed by atoms with E-state index in [1.54, 1.807) is 35.8 Å². The summed E-state index contributed by atoms with van der Waals surface area (Å²) in [5, 5.41) is 6.21. The largest absolute Gasteiger partial charge is 0.444 e. The van der Waals surface area contributed by atoms with Crippen molar-refractivity contribution in [2.24, 2.45) is 0 Å². The van der Waals surface area contributed by atoms with Gasteiger partial charge in [0.1, 0.15) is 23.1 Å². The van der Waals surface area contributed by atoms with Crippen molar-refractivity contribution in [3.63, 3.8) is 0 Å². The highest BCUT2D eigenvalue weighted by Gasteiger charge is 2.26. The summed E-state index contributed by atoms with van der Waals surface area (Å²) >= 11 is 0. The molecule has 43 heavy (non-hydrogen) atoms. The third kappa shape index (κ3) is 8.48. The smallest absolute Gasteiger partial charge is 0.410 e. The van der Waals surface area contributed by atoms with E-state index >= 15 is 0 Å². The Labute approximate surface area is 251 Å². The second-order valence-corrected chi connectivity index (χ2v) is 11.2. The van der Waals surface area contributed by atoms with E-state index in [0.717, 1.165) is 16.9 Å². The molecule has 1 aliphatic heterocycles. The summed E-state index contributed by atoms with van der Waals surface area (Å²) in [4.78, 5) is 47.0. The van der Waals surface area contributed by atoms with Crippen LogP contribution >= 0.6 is 0 Å². The molecule has 11 heteroatoms. The first-order valence-electron chi connectivity index (χ1n) is 14.3. The zero-order valence-corrected chi connectivity index (χ0v) is 24.7. The Morgan fingerprint density at radius 3 is 2.42 bits per heavy atom. The number of amides is 2. The molecular formula is C32H36N8O3. The molecule has 1 fully saturated rings. The third-order valence-corrected chi connectivity index (χ3v) is 6.71. The van der Waals surface area contributed by atoms with Crippen LogP contribution < -0.4 is 15.5 Å². The Balaban J connectivity index is 1.33. The zero-order valence-electron chi connectivity index (χ0n) is 24.7. The summed E-state index contributed by atoms with van der Waals surface area (Å²) in [6.45, 7) is 7.92. The average Bonchev–Trinajstić information content (AvgIpc) is 3.00. The normalized spacial score (nSPS) is 13.4. The van der Waals surface area contributed by atoms with Crippen LogP contribution in [-0.2, 0) is 16.0 Å². The molecular weight excluding hydrogens is 544 g/mol. The molecule has 0 aliphatic carbocycles. The molecule has 0 bridgehead atoms. The van der Waals surface area contributed by atoms with Crippen LogP contribution in [0.2, 0.25) is 0 Å². The van der Waals surface area contributed by atoms with Gasteiger partial charge in [-0.05, 0) is 51.0 Å². The van der Waals surface area contributed by atoms with E-state index in [4.69, 9.17) is 9.72 Å². The van der Waals surface area contributed by atoms with Crippen molar-refractivity contribution < 1.29 is 14.3 Å². The Hall–Kier alpha value is -5.06. The highest BCUT2D eigenvalue weighted by Crippen LogP contribution is 2.28. The predicted molar refractivity (Wildman–Crippen MR) is 166 cm³/mol. The number of carbonyl (C=O) groups is 2. The molecule has 4 heterocycles. The van der Waals surface area contributed by atoms with Crippen LogP contribution in [0.3, 0.4) is 0 Å². The van der Waals surface area contributed by atoms with Crippen molar-refractivity contribution in [3.8, 4) is 11.3 Å². The zero-order chi connectivity index (χ0) is 30.2. The fraction of sp³-hybridized carbons (Fsp3) is 0.312. The van der Waals surface area contributed by atoms with Crippen LogP contribution in [-0.4, -0.2) is 68.6 Å². The van der Waals surface area contributed by atoms with Crippen LogP contribution in [0.4, 0.5) is 27.9 Å². The molecule has 2 amide bonds. The van der Waals surface area contributed by atoms with Gasteiger partial charge in [-0.25, -0.2) is 19.7 Å². The number of hydrogen-bond acceptors (Lipinski definition) is 9. The molecule has 5 rings (SSSR count). The molecule has 222 valence electrons. The van der Waals surface area contributed by atoms with E-state index < -0.39 is 5.60 Å². The summed E-state index contributed by atoms with van der Waals surface area (Å²) in [5.41, 5.74) is 2.67. The van der Waals surface area contributed by atoms with Crippen LogP contribution in [0.25, 0.3) is 11.3 Å². The highest BCUT2D eigenvalue weighted by atomic mass is 16.6. The van der Waals surface area contributed by atoms with Crippen LogP contribution in [0.15, 0.2) is 79.4 Å². The lowest BCUT2D eigenvalue weighted by atomic mass is 10.1. The fourth-order valence-corrected chi connectivity index (χ4v) is 4.63. The number of rotatable bonds is 8. The number of hydrogen-bond donors (Lipinski definition) is 2. The lowest BCUT2D eigenvalue weighted by Gasteiger charge is -2.36. The van der Waals surface area contributed by atoms with Gasteiger partial charge in [0.05, 0.1) is 11.9 Å². The minimum atomic E-state index is -0.534. The minimum Gasteiger partial charge on any atom is -0.444 e. The second kappa shape index (κ2) is 13.3. The fourth-order valence-electron chi connectivity index (χ4n) is 4.63. The van der Waals surface area contributed by atoms with Gasteiger partial charge < -0.3 is 25.2 Å². The van der Waals surface area contributed by atoms with Gasteiger partial charge in [-0.1, -0.05) is 30.3 Å². The minimum absolute atomic E-state index is 0.0928. The van der Waals surface area contributed by atoms with Crippen LogP contribution in [0, 0.1) is 0 Å². The molecule has 11 nitrogen and oxygen atoms in total. The van der Waals surface area contributed by atoms with E-state index in [1.165, 1.54) is 0 Å². The molecule has 1 aliphatic rings. The molecule has 0 spiro atoms. The quantitative estimate of drug-likeness (QED) is 0.285. The first-order valence-corrected chi connectivity index (χ1v) is 14.3. The number of nitrogens with one attached hydrogen (secondary N) is 2. The van der Waals surface area contributed by atoms with Gasteiger partial charge in [-0.2, -0.15) is 0 Å². The summed E-state index contributed by atoms with van der Waals surface area (Å²) in [7, 11) is 0. The molecule has 0 saturated carbocycles. The van der Waals surface area contributed by atoms with Crippen molar-refractivity contribution in [1.82, 2.24) is 24.8 Å². The summed E-state index contributed by atoms with van der Waals surface area (Å²) in [6.07, 6.45) is 7.23. The van der Waals surface area contributed by atoms with Crippen molar-refractivity contribution in [2.75, 3.05) is 41.7 Å². The lowest BCUT2D eigenvalue weighted by Crippen LogP contribution is -2.50. The summed E-state index contributed by atoms with van der Waals surface area (Å²) in [5.74, 6) is 1.74. The maximum atomic E-state index is 12.9.